The van der Waals surface area contributed by atoms with Gasteiger partial charge in [-0.1, -0.05) is 23.9 Å². The zero-order valence-electron chi connectivity index (χ0n) is 20.6. The molecule has 0 fully saturated rings. The van der Waals surface area contributed by atoms with Gasteiger partial charge in [0, 0.05) is 23.9 Å². The van der Waals surface area contributed by atoms with E-state index in [0.29, 0.717) is 56.9 Å². The van der Waals surface area contributed by atoms with Crippen LogP contribution >= 0.6 is 11.8 Å². The quantitative estimate of drug-likeness (QED) is 0.272. The van der Waals surface area contributed by atoms with Gasteiger partial charge in [0.2, 0.25) is 12.7 Å². The molecule has 0 bridgehead atoms. The Balaban J connectivity index is 1.13. The van der Waals surface area contributed by atoms with Crippen molar-refractivity contribution in [1.29, 1.82) is 0 Å². The van der Waals surface area contributed by atoms with Crippen LogP contribution in [-0.4, -0.2) is 34.0 Å². The Morgan fingerprint density at radius 2 is 1.77 bits per heavy atom. The molecule has 3 aromatic carbocycles. The summed E-state index contributed by atoms with van der Waals surface area (Å²) in [6.07, 6.45) is -0.664. The van der Waals surface area contributed by atoms with Crippen molar-refractivity contribution in [3.63, 3.8) is 0 Å². The smallest absolute Gasteiger partial charge is 0.325 e. The number of aromatic nitrogens is 2. The third kappa shape index (κ3) is 4.93. The van der Waals surface area contributed by atoms with Crippen LogP contribution in [0.15, 0.2) is 70.6 Å². The van der Waals surface area contributed by atoms with Gasteiger partial charge in [-0.2, -0.15) is 0 Å². The lowest BCUT2D eigenvalue weighted by Crippen LogP contribution is -2.35. The van der Waals surface area contributed by atoms with Crippen molar-refractivity contribution in [2.24, 2.45) is 0 Å². The lowest BCUT2D eigenvalue weighted by atomic mass is 10.1. The Morgan fingerprint density at radius 1 is 1.00 bits per heavy atom. The number of nitrogens with zero attached hydrogens (tertiary/aromatic N) is 2. The minimum atomic E-state index is -0.690. The van der Waals surface area contributed by atoms with E-state index in [-0.39, 0.29) is 18.1 Å². The second-order valence-corrected chi connectivity index (χ2v) is 9.54. The number of hydrogen-bond acceptors (Lipinski definition) is 9. The first-order valence-electron chi connectivity index (χ1n) is 12.1. The van der Waals surface area contributed by atoms with Crippen molar-refractivity contribution in [2.75, 3.05) is 17.9 Å². The van der Waals surface area contributed by atoms with Gasteiger partial charge in [-0.15, -0.1) is 0 Å². The molecule has 11 nitrogen and oxygen atoms in total. The average molecular weight is 547 g/mol. The molecule has 198 valence electrons. The number of thioether (sulfide) groups is 1. The lowest BCUT2D eigenvalue weighted by molar-refractivity contribution is -0.117. The van der Waals surface area contributed by atoms with Gasteiger partial charge < -0.3 is 24.3 Å². The summed E-state index contributed by atoms with van der Waals surface area (Å²) in [6.45, 7) is 2.29. The van der Waals surface area contributed by atoms with E-state index in [0.717, 1.165) is 11.8 Å². The van der Waals surface area contributed by atoms with Gasteiger partial charge in [0.15, 0.2) is 28.2 Å². The maximum absolute atomic E-state index is 13.3. The van der Waals surface area contributed by atoms with Crippen LogP contribution in [0.3, 0.4) is 0 Å². The van der Waals surface area contributed by atoms with E-state index in [4.69, 9.17) is 18.9 Å². The number of imide groups is 1. The largest absolute Gasteiger partial charge is 0.454 e. The summed E-state index contributed by atoms with van der Waals surface area (Å²) in [5.74, 6) is 1.71. The SMILES string of the molecule is CCn1c(SCC(=O)NC(=O)Nc2ccc3c(c2)OCO3)nc2ccc(C3Oc4ccccc4O3)cc2c1=O. The van der Waals surface area contributed by atoms with Gasteiger partial charge in [0.05, 0.1) is 16.7 Å². The molecule has 2 aliphatic rings. The molecule has 6 rings (SSSR count). The van der Waals surface area contributed by atoms with E-state index in [9.17, 15) is 14.4 Å². The molecule has 3 heterocycles. The van der Waals surface area contributed by atoms with Crippen LogP contribution in [0.1, 0.15) is 18.8 Å². The molecule has 3 amide bonds. The Hall–Kier alpha value is -4.71. The van der Waals surface area contributed by atoms with Gasteiger partial charge >= 0.3 is 6.03 Å². The zero-order chi connectivity index (χ0) is 26.9. The van der Waals surface area contributed by atoms with E-state index in [1.807, 2.05) is 31.2 Å². The van der Waals surface area contributed by atoms with Crippen LogP contribution < -0.4 is 35.1 Å². The van der Waals surface area contributed by atoms with Crippen molar-refractivity contribution in [2.45, 2.75) is 24.9 Å². The van der Waals surface area contributed by atoms with Crippen molar-refractivity contribution >= 4 is 40.3 Å². The number of amides is 3. The Labute approximate surface area is 226 Å². The molecule has 0 aliphatic carbocycles. The normalized spacial score (nSPS) is 13.5. The predicted molar refractivity (Wildman–Crippen MR) is 143 cm³/mol. The molecule has 0 unspecified atom stereocenters. The molecule has 12 heteroatoms. The van der Waals surface area contributed by atoms with Crippen LogP contribution in [0.25, 0.3) is 10.9 Å². The van der Waals surface area contributed by atoms with Crippen molar-refractivity contribution in [3.05, 3.63) is 76.6 Å². The Kier molecular flexibility index (Phi) is 6.45. The number of carbonyl (C=O) groups excluding carboxylic acids is 2. The summed E-state index contributed by atoms with van der Waals surface area (Å²) in [5, 5.41) is 5.64. The lowest BCUT2D eigenvalue weighted by Gasteiger charge is -2.14. The number of urea groups is 1. The standard InChI is InChI=1S/C27H22N4O7S/c1-2-31-24(33)17-11-15(25-37-20-5-3-4-6-21(20)38-25)7-9-18(17)29-27(31)39-13-23(32)30-26(34)28-16-8-10-19-22(12-16)36-14-35-19/h3-12,25H,2,13-14H2,1H3,(H2,28,30,32,34). The highest BCUT2D eigenvalue weighted by molar-refractivity contribution is 7.99. The Bertz CT molecular complexity index is 1650. The number of hydrogen-bond donors (Lipinski definition) is 2. The summed E-state index contributed by atoms with van der Waals surface area (Å²) in [6, 6.07) is 16.8. The minimum absolute atomic E-state index is 0.117. The fourth-order valence-corrected chi connectivity index (χ4v) is 5.08. The highest BCUT2D eigenvalue weighted by Crippen LogP contribution is 2.40. The summed E-state index contributed by atoms with van der Waals surface area (Å²) >= 11 is 1.07. The topological polar surface area (TPSA) is 130 Å². The number of anilines is 1. The zero-order valence-corrected chi connectivity index (χ0v) is 21.4. The molecule has 0 saturated carbocycles. The monoisotopic (exact) mass is 546 g/mol. The first kappa shape index (κ1) is 24.6. The molecule has 0 spiro atoms. The van der Waals surface area contributed by atoms with Gasteiger partial charge in [-0.25, -0.2) is 9.78 Å². The van der Waals surface area contributed by atoms with Gasteiger partial charge in [-0.05, 0) is 49.4 Å². The summed E-state index contributed by atoms with van der Waals surface area (Å²) < 4.78 is 23.8. The van der Waals surface area contributed by atoms with Crippen molar-refractivity contribution in [3.8, 4) is 23.0 Å². The van der Waals surface area contributed by atoms with Crippen molar-refractivity contribution in [1.82, 2.24) is 14.9 Å². The molecule has 0 radical (unpaired) electrons. The van der Waals surface area contributed by atoms with E-state index >= 15 is 0 Å². The minimum Gasteiger partial charge on any atom is -0.454 e. The van der Waals surface area contributed by atoms with Crippen LogP contribution in [0, 0.1) is 0 Å². The summed E-state index contributed by atoms with van der Waals surface area (Å²) in [5.41, 5.74) is 1.37. The fourth-order valence-electron chi connectivity index (χ4n) is 4.22. The summed E-state index contributed by atoms with van der Waals surface area (Å²) in [4.78, 5) is 42.7. The highest BCUT2D eigenvalue weighted by atomic mass is 32.2. The van der Waals surface area contributed by atoms with Crippen LogP contribution in [0.2, 0.25) is 0 Å². The predicted octanol–water partition coefficient (Wildman–Crippen LogP) is 4.06. The van der Waals surface area contributed by atoms with Crippen LogP contribution in [0.5, 0.6) is 23.0 Å². The molecule has 2 aliphatic heterocycles. The van der Waals surface area contributed by atoms with Crippen LogP contribution in [-0.2, 0) is 11.3 Å². The molecule has 0 atom stereocenters. The highest BCUT2D eigenvalue weighted by Gasteiger charge is 2.26. The maximum Gasteiger partial charge on any atom is 0.325 e. The van der Waals surface area contributed by atoms with E-state index in [2.05, 4.69) is 15.6 Å². The summed E-state index contributed by atoms with van der Waals surface area (Å²) in [7, 11) is 0. The fraction of sp³-hybridized carbons (Fsp3) is 0.185. The number of rotatable bonds is 6. The van der Waals surface area contributed by atoms with E-state index < -0.39 is 18.2 Å². The first-order chi connectivity index (χ1) is 19.0. The van der Waals surface area contributed by atoms with Crippen LogP contribution in [0.4, 0.5) is 10.5 Å². The van der Waals surface area contributed by atoms with Gasteiger partial charge in [-0.3, -0.25) is 19.5 Å². The molecule has 0 saturated heterocycles. The molecular formula is C27H22N4O7S. The number of carbonyl (C=O) groups is 2. The van der Waals surface area contributed by atoms with E-state index in [1.54, 1.807) is 36.4 Å². The number of nitrogens with one attached hydrogen (secondary N) is 2. The van der Waals surface area contributed by atoms with Crippen molar-refractivity contribution < 1.29 is 28.5 Å². The Morgan fingerprint density at radius 3 is 2.54 bits per heavy atom. The van der Waals surface area contributed by atoms with Gasteiger partial charge in [0.25, 0.3) is 11.8 Å². The number of benzene rings is 3. The molecule has 39 heavy (non-hydrogen) atoms. The number of para-hydroxylation sites is 2. The first-order valence-corrected chi connectivity index (χ1v) is 13.1. The van der Waals surface area contributed by atoms with E-state index in [1.165, 1.54) is 4.57 Å². The third-order valence-corrected chi connectivity index (χ3v) is 7.04. The third-order valence-electron chi connectivity index (χ3n) is 6.06. The second kappa shape index (κ2) is 10.2. The maximum atomic E-state index is 13.3. The number of fused-ring (bicyclic) bond motifs is 3. The molecule has 4 aromatic rings. The number of ether oxygens (including phenoxy) is 4. The average Bonchev–Trinajstić information content (AvgIpc) is 3.58. The molecular weight excluding hydrogens is 524 g/mol. The molecule has 1 aromatic heterocycles. The molecule has 2 N–H and O–H groups in total. The second-order valence-electron chi connectivity index (χ2n) is 8.59. The van der Waals surface area contributed by atoms with Gasteiger partial charge in [0.1, 0.15) is 0 Å².